The quantitative estimate of drug-likeness (QED) is 0.485. The number of aromatic nitrogens is 2. The van der Waals surface area contributed by atoms with Crippen molar-refractivity contribution in [3.8, 4) is 17.0 Å². The molecule has 8 heteroatoms. The summed E-state index contributed by atoms with van der Waals surface area (Å²) in [6, 6.07) is 4.23. The number of carbonyl (C=O) groups is 1. The van der Waals surface area contributed by atoms with E-state index in [4.69, 9.17) is 15.2 Å². The van der Waals surface area contributed by atoms with Gasteiger partial charge in [0.15, 0.2) is 0 Å². The molecule has 202 valence electrons. The molecular weight excluding hydrogens is 468 g/mol. The first kappa shape index (κ1) is 27.2. The fourth-order valence-corrected chi connectivity index (χ4v) is 5.82. The van der Waals surface area contributed by atoms with Crippen LogP contribution in [0.1, 0.15) is 96.3 Å². The topological polar surface area (TPSA) is 120 Å². The van der Waals surface area contributed by atoms with Crippen molar-refractivity contribution < 1.29 is 19.4 Å². The van der Waals surface area contributed by atoms with Gasteiger partial charge in [-0.2, -0.15) is 0 Å². The number of fused-ring (bicyclic) bond motifs is 3. The molecule has 1 saturated carbocycles. The lowest BCUT2D eigenvalue weighted by Crippen LogP contribution is -2.42. The van der Waals surface area contributed by atoms with Gasteiger partial charge >= 0.3 is 6.09 Å². The molecule has 0 radical (unpaired) electrons. The third-order valence-corrected chi connectivity index (χ3v) is 7.49. The Morgan fingerprint density at radius 2 is 1.92 bits per heavy atom. The van der Waals surface area contributed by atoms with E-state index in [2.05, 4.69) is 42.1 Å². The normalized spacial score (nSPS) is 21.4. The summed E-state index contributed by atoms with van der Waals surface area (Å²) >= 11 is 0. The van der Waals surface area contributed by atoms with E-state index >= 15 is 0 Å². The first-order chi connectivity index (χ1) is 17.4. The molecule has 0 bridgehead atoms. The summed E-state index contributed by atoms with van der Waals surface area (Å²) in [4.78, 5) is 21.1. The van der Waals surface area contributed by atoms with Crippen LogP contribution >= 0.6 is 0 Å². The number of aliphatic hydroxyl groups is 1. The van der Waals surface area contributed by atoms with E-state index in [1.54, 1.807) is 0 Å². The van der Waals surface area contributed by atoms with Gasteiger partial charge in [0.05, 0.1) is 11.8 Å². The number of amides is 1. The van der Waals surface area contributed by atoms with E-state index in [-0.39, 0.29) is 36.2 Å². The number of alkyl carbamates (subject to hydrolysis) is 1. The molecule has 2 aromatic rings. The SMILES string of the molecule is CC(CCO)c1c(OC2CCC(NC(=O)OC(C)(C)C)CC2)ccc2c1CC(C)(C)c1c(N)ncnc1-2. The number of hydrogen-bond donors (Lipinski definition) is 3. The van der Waals surface area contributed by atoms with Crippen LogP contribution in [-0.4, -0.2) is 45.5 Å². The molecule has 1 amide bonds. The van der Waals surface area contributed by atoms with Gasteiger partial charge in [-0.05, 0) is 88.3 Å². The summed E-state index contributed by atoms with van der Waals surface area (Å²) in [5, 5.41) is 12.8. The van der Waals surface area contributed by atoms with Crippen molar-refractivity contribution in [3.05, 3.63) is 35.2 Å². The fourth-order valence-electron chi connectivity index (χ4n) is 5.82. The predicted molar refractivity (Wildman–Crippen MR) is 145 cm³/mol. The molecule has 1 aromatic heterocycles. The minimum atomic E-state index is -0.509. The van der Waals surface area contributed by atoms with Crippen molar-refractivity contribution in [2.75, 3.05) is 12.3 Å². The molecular formula is C29H42N4O4. The minimum absolute atomic E-state index is 0.0664. The van der Waals surface area contributed by atoms with Crippen LogP contribution in [0.25, 0.3) is 11.3 Å². The lowest BCUT2D eigenvalue weighted by Gasteiger charge is -2.37. The maximum absolute atomic E-state index is 12.2. The molecule has 8 nitrogen and oxygen atoms in total. The first-order valence-electron chi connectivity index (χ1n) is 13.4. The summed E-state index contributed by atoms with van der Waals surface area (Å²) < 4.78 is 12.1. The van der Waals surface area contributed by atoms with Crippen LogP contribution in [0.3, 0.4) is 0 Å². The average Bonchev–Trinajstić information content (AvgIpc) is 2.78. The highest BCUT2D eigenvalue weighted by atomic mass is 16.6. The van der Waals surface area contributed by atoms with Crippen molar-refractivity contribution in [2.45, 2.75) is 109 Å². The second kappa shape index (κ2) is 10.5. The number of rotatable bonds is 6. The van der Waals surface area contributed by atoms with Crippen LogP contribution in [0.2, 0.25) is 0 Å². The van der Waals surface area contributed by atoms with Gasteiger partial charge in [0.1, 0.15) is 23.5 Å². The van der Waals surface area contributed by atoms with Gasteiger partial charge in [0.25, 0.3) is 0 Å². The highest BCUT2D eigenvalue weighted by Gasteiger charge is 2.37. The Kier molecular flexibility index (Phi) is 7.70. The standard InChI is InChI=1S/C29H42N4O4/c1-17(13-14-34)23-21-15-29(5,6)24-25(31-16-32-26(24)30)20(21)11-12-22(23)36-19-9-7-18(8-10-19)33-27(35)37-28(2,3)4/h11-12,16-19,34H,7-10,13-15H2,1-6H3,(H,33,35)(H2,30,31,32). The zero-order valence-corrected chi connectivity index (χ0v) is 23.1. The molecule has 2 aliphatic carbocycles. The Balaban J connectivity index is 1.57. The van der Waals surface area contributed by atoms with Crippen LogP contribution in [0.15, 0.2) is 18.5 Å². The van der Waals surface area contributed by atoms with Crippen molar-refractivity contribution >= 4 is 11.9 Å². The van der Waals surface area contributed by atoms with E-state index in [0.29, 0.717) is 12.2 Å². The number of benzene rings is 1. The minimum Gasteiger partial charge on any atom is -0.490 e. The van der Waals surface area contributed by atoms with Crippen molar-refractivity contribution in [1.82, 2.24) is 15.3 Å². The highest BCUT2D eigenvalue weighted by molar-refractivity contribution is 5.77. The zero-order valence-electron chi connectivity index (χ0n) is 23.1. The van der Waals surface area contributed by atoms with Gasteiger partial charge < -0.3 is 25.6 Å². The molecule has 2 aliphatic rings. The van der Waals surface area contributed by atoms with E-state index in [0.717, 1.165) is 60.2 Å². The molecule has 0 saturated heterocycles. The molecule has 1 fully saturated rings. The Morgan fingerprint density at radius 1 is 1.22 bits per heavy atom. The fraction of sp³-hybridized carbons (Fsp3) is 0.621. The predicted octanol–water partition coefficient (Wildman–Crippen LogP) is 5.26. The lowest BCUT2D eigenvalue weighted by molar-refractivity contribution is 0.0470. The van der Waals surface area contributed by atoms with Gasteiger partial charge in [0.2, 0.25) is 0 Å². The average molecular weight is 511 g/mol. The van der Waals surface area contributed by atoms with Crippen molar-refractivity contribution in [2.24, 2.45) is 0 Å². The number of nitrogen functional groups attached to an aromatic ring is 1. The summed E-state index contributed by atoms with van der Waals surface area (Å²) in [5.41, 5.74) is 10.9. The Labute approximate surface area is 220 Å². The first-order valence-corrected chi connectivity index (χ1v) is 13.4. The Hall–Kier alpha value is -2.87. The number of nitrogens with two attached hydrogens (primary N) is 1. The number of hydrogen-bond acceptors (Lipinski definition) is 7. The third-order valence-electron chi connectivity index (χ3n) is 7.49. The smallest absolute Gasteiger partial charge is 0.407 e. The molecule has 37 heavy (non-hydrogen) atoms. The number of carbonyl (C=O) groups excluding carboxylic acids is 1. The third kappa shape index (κ3) is 6.00. The number of nitrogens with zero attached hydrogens (tertiary/aromatic N) is 2. The van der Waals surface area contributed by atoms with Crippen LogP contribution < -0.4 is 15.8 Å². The molecule has 0 spiro atoms. The molecule has 1 unspecified atom stereocenters. The summed E-state index contributed by atoms with van der Waals surface area (Å²) in [7, 11) is 0. The van der Waals surface area contributed by atoms with Gasteiger partial charge in [-0.25, -0.2) is 14.8 Å². The maximum atomic E-state index is 12.2. The zero-order chi connectivity index (χ0) is 27.0. The number of aliphatic hydroxyl groups excluding tert-OH is 1. The van der Waals surface area contributed by atoms with Gasteiger partial charge in [-0.1, -0.05) is 20.8 Å². The van der Waals surface area contributed by atoms with E-state index in [1.165, 1.54) is 11.9 Å². The van der Waals surface area contributed by atoms with Gasteiger partial charge in [-0.15, -0.1) is 0 Å². The summed E-state index contributed by atoms with van der Waals surface area (Å²) in [5.74, 6) is 1.53. The van der Waals surface area contributed by atoms with Gasteiger partial charge in [-0.3, -0.25) is 0 Å². The second-order valence-electron chi connectivity index (χ2n) is 12.2. The maximum Gasteiger partial charge on any atom is 0.407 e. The lowest BCUT2D eigenvalue weighted by atomic mass is 9.69. The van der Waals surface area contributed by atoms with Crippen LogP contribution in [0, 0.1) is 0 Å². The monoisotopic (exact) mass is 510 g/mol. The van der Waals surface area contributed by atoms with E-state index in [9.17, 15) is 9.90 Å². The van der Waals surface area contributed by atoms with Crippen LogP contribution in [0.5, 0.6) is 5.75 Å². The van der Waals surface area contributed by atoms with Crippen molar-refractivity contribution in [3.63, 3.8) is 0 Å². The molecule has 1 aromatic carbocycles. The van der Waals surface area contributed by atoms with Crippen LogP contribution in [0.4, 0.5) is 10.6 Å². The number of nitrogens with one attached hydrogen (secondary N) is 1. The molecule has 0 aliphatic heterocycles. The molecule has 4 N–H and O–H groups in total. The number of anilines is 1. The summed E-state index contributed by atoms with van der Waals surface area (Å²) in [6.45, 7) is 12.2. The van der Waals surface area contributed by atoms with Crippen molar-refractivity contribution in [1.29, 1.82) is 0 Å². The molecule has 1 heterocycles. The summed E-state index contributed by atoms with van der Waals surface area (Å²) in [6.07, 6.45) is 6.06. The van der Waals surface area contributed by atoms with Gasteiger partial charge in [0, 0.05) is 29.3 Å². The van der Waals surface area contributed by atoms with Crippen LogP contribution in [-0.2, 0) is 16.6 Å². The Morgan fingerprint density at radius 3 is 2.57 bits per heavy atom. The molecule has 1 atom stereocenters. The van der Waals surface area contributed by atoms with E-state index < -0.39 is 5.60 Å². The molecule has 4 rings (SSSR count). The van der Waals surface area contributed by atoms with E-state index in [1.807, 2.05) is 26.8 Å². The highest BCUT2D eigenvalue weighted by Crippen LogP contribution is 2.48. The second-order valence-corrected chi connectivity index (χ2v) is 12.2. The number of ether oxygens (including phenoxy) is 2. The largest absolute Gasteiger partial charge is 0.490 e. The Bertz CT molecular complexity index is 1130.